The lowest BCUT2D eigenvalue weighted by Gasteiger charge is -2.22. The summed E-state index contributed by atoms with van der Waals surface area (Å²) < 4.78 is 46.3. The molecule has 2 unspecified atom stereocenters. The maximum absolute atomic E-state index is 12.2. The first-order chi connectivity index (χ1) is 47.2. The Balaban J connectivity index is 0. The van der Waals surface area contributed by atoms with Gasteiger partial charge < -0.3 is 69.0 Å². The SMILES string of the molecule is C=C(C)C(=O)O.C=C(C)C(=O)OC(=O)C(=C)C.CC#CC(=O)CCCNC(=O)CCCOc1cc([N+](=O)[O-])c(CSCC(NC(=O)OC(C)(C)C)C(=O)OC)cc1OC.CC#CC(=O)CCCNC(=O)CCCOc1cc([N+](=O)[O-])c(CSCC(NC(=O)OC(C)(C)C)C(=O)OC)cc1OC. The van der Waals surface area contributed by atoms with Gasteiger partial charge in [0.15, 0.2) is 23.0 Å². The zero-order chi connectivity index (χ0) is 77.6. The number of alkyl carbamates (subject to hydrolysis) is 2. The lowest BCUT2D eigenvalue weighted by Crippen LogP contribution is -2.45. The number of ketones is 2. The van der Waals surface area contributed by atoms with Gasteiger partial charge in [0.2, 0.25) is 23.4 Å². The minimum atomic E-state index is -1.03. The van der Waals surface area contributed by atoms with Crippen LogP contribution in [0.1, 0.15) is 139 Å². The number of esters is 4. The first-order valence-electron chi connectivity index (χ1n) is 30.9. The average Bonchev–Trinajstić information content (AvgIpc) is 0.826. The number of methoxy groups -OCH3 is 4. The quantitative estimate of drug-likeness (QED) is 0.00484. The zero-order valence-corrected chi connectivity index (χ0v) is 61.5. The number of carboxylic acids is 1. The molecule has 2 atom stereocenters. The lowest BCUT2D eigenvalue weighted by molar-refractivity contribution is -0.385. The molecule has 0 aliphatic heterocycles. The van der Waals surface area contributed by atoms with Gasteiger partial charge in [0.05, 0.1) is 63.6 Å². The number of thioether (sulfide) groups is 2. The van der Waals surface area contributed by atoms with Gasteiger partial charge in [0, 0.05) is 89.6 Å². The van der Waals surface area contributed by atoms with Crippen molar-refractivity contribution in [3.63, 3.8) is 0 Å². The van der Waals surface area contributed by atoms with E-state index in [9.17, 15) is 73.0 Å². The van der Waals surface area contributed by atoms with E-state index < -0.39 is 75.2 Å². The lowest BCUT2D eigenvalue weighted by atomic mass is 10.1. The molecule has 0 heterocycles. The summed E-state index contributed by atoms with van der Waals surface area (Å²) in [6, 6.07) is 3.39. The summed E-state index contributed by atoms with van der Waals surface area (Å²) in [6.45, 7) is 28.4. The highest BCUT2D eigenvalue weighted by atomic mass is 32.2. The monoisotopic (exact) mass is 1460 g/mol. The molecular weight excluding hydrogens is 1360 g/mol. The van der Waals surface area contributed by atoms with E-state index >= 15 is 0 Å². The highest BCUT2D eigenvalue weighted by Crippen LogP contribution is 2.38. The maximum Gasteiger partial charge on any atom is 0.408 e. The van der Waals surface area contributed by atoms with Crippen molar-refractivity contribution >= 4 is 100 Å². The molecule has 2 aromatic rings. The van der Waals surface area contributed by atoms with Gasteiger partial charge in [-0.15, -0.1) is 0 Å². The summed E-state index contributed by atoms with van der Waals surface area (Å²) >= 11 is 2.34. The number of hydrogen-bond acceptors (Lipinski definition) is 26. The van der Waals surface area contributed by atoms with Gasteiger partial charge in [-0.1, -0.05) is 31.6 Å². The molecule has 0 aliphatic carbocycles. The molecule has 4 amide bonds. The summed E-state index contributed by atoms with van der Waals surface area (Å²) in [4.78, 5) is 149. The van der Waals surface area contributed by atoms with E-state index in [2.05, 4.69) is 69.4 Å². The van der Waals surface area contributed by atoms with E-state index in [0.29, 0.717) is 49.9 Å². The summed E-state index contributed by atoms with van der Waals surface area (Å²) in [5.74, 6) is 6.65. The normalized spacial score (nSPS) is 10.8. The average molecular weight is 1460 g/mol. The van der Waals surface area contributed by atoms with Gasteiger partial charge in [0.1, 0.15) is 23.3 Å². The number of Topliss-reactive ketones (excluding diaryl/α,β-unsaturated/α-hetero) is 2. The topological polar surface area (TPSA) is 425 Å². The number of ether oxygens (including phenoxy) is 9. The molecular formula is C68H94N6O25S2. The van der Waals surface area contributed by atoms with E-state index in [-0.39, 0.29) is 136 Å². The summed E-state index contributed by atoms with van der Waals surface area (Å²) in [7, 11) is 5.17. The number of nitrogens with one attached hydrogen (secondary N) is 4. The molecule has 0 radical (unpaired) electrons. The van der Waals surface area contributed by atoms with Gasteiger partial charge in [-0.3, -0.25) is 39.4 Å². The van der Waals surface area contributed by atoms with Gasteiger partial charge in [-0.2, -0.15) is 23.5 Å². The smallest absolute Gasteiger partial charge is 0.408 e. The predicted octanol–water partition coefficient (Wildman–Crippen LogP) is 8.96. The third-order valence-corrected chi connectivity index (χ3v) is 13.9. The van der Waals surface area contributed by atoms with E-state index in [0.717, 1.165) is 0 Å². The molecule has 31 nitrogen and oxygen atoms in total. The number of rotatable bonds is 37. The molecule has 2 rings (SSSR count). The fourth-order valence-electron chi connectivity index (χ4n) is 7.02. The van der Waals surface area contributed by atoms with Crippen molar-refractivity contribution in [2.24, 2.45) is 0 Å². The zero-order valence-electron chi connectivity index (χ0n) is 59.9. The Kier molecular flexibility index (Phi) is 46.2. The van der Waals surface area contributed by atoms with Crippen LogP contribution < -0.4 is 40.2 Å². The van der Waals surface area contributed by atoms with E-state index in [1.807, 2.05) is 0 Å². The van der Waals surface area contributed by atoms with Crippen LogP contribution in [0.5, 0.6) is 23.0 Å². The van der Waals surface area contributed by atoms with Gasteiger partial charge in [-0.05, 0) is 126 Å². The molecule has 0 saturated carbocycles. The first kappa shape index (κ1) is 92.9. The van der Waals surface area contributed by atoms with Crippen LogP contribution in [-0.2, 0) is 78.3 Å². The Morgan fingerprint density at radius 3 is 1.15 bits per heavy atom. The Morgan fingerprint density at radius 2 is 0.881 bits per heavy atom. The number of carboxylic acid groups (broad SMARTS) is 1. The van der Waals surface area contributed by atoms with E-state index in [1.165, 1.54) is 97.0 Å². The Hall–Kier alpha value is -10.2. The van der Waals surface area contributed by atoms with E-state index in [4.69, 9.17) is 43.0 Å². The first-order valence-corrected chi connectivity index (χ1v) is 33.2. The van der Waals surface area contributed by atoms with Gasteiger partial charge in [0.25, 0.3) is 11.4 Å². The fourth-order valence-corrected chi connectivity index (χ4v) is 9.06. The summed E-state index contributed by atoms with van der Waals surface area (Å²) in [5.41, 5.74) is -0.762. The molecule has 0 aromatic heterocycles. The van der Waals surface area contributed by atoms with Crippen LogP contribution in [0, 0.1) is 43.9 Å². The minimum absolute atomic E-state index is 0.0643. The van der Waals surface area contributed by atoms with Crippen molar-refractivity contribution in [1.29, 1.82) is 0 Å². The van der Waals surface area contributed by atoms with Crippen molar-refractivity contribution in [1.82, 2.24) is 21.3 Å². The second kappa shape index (κ2) is 50.2. The molecule has 0 spiro atoms. The van der Waals surface area contributed by atoms with Crippen molar-refractivity contribution in [2.45, 2.75) is 162 Å². The molecule has 5 N–H and O–H groups in total. The summed E-state index contributed by atoms with van der Waals surface area (Å²) in [5, 5.41) is 41.8. The number of aliphatic carboxylic acids is 1. The molecule has 33 heteroatoms. The number of carbonyl (C=O) groups excluding carboxylic acids is 10. The second-order valence-corrected chi connectivity index (χ2v) is 25.0. The highest BCUT2D eigenvalue weighted by Gasteiger charge is 2.29. The predicted molar refractivity (Wildman–Crippen MR) is 376 cm³/mol. The number of carbonyl (C=O) groups is 11. The molecule has 0 fully saturated rings. The van der Waals surface area contributed by atoms with Crippen LogP contribution in [0.15, 0.2) is 60.7 Å². The van der Waals surface area contributed by atoms with Crippen molar-refractivity contribution in [3.05, 3.63) is 92.1 Å². The largest absolute Gasteiger partial charge is 0.493 e. The van der Waals surface area contributed by atoms with Crippen molar-refractivity contribution < 1.29 is 110 Å². The molecule has 2 aromatic carbocycles. The fraction of sp³-hybridized carbons (Fsp3) is 0.515. The molecule has 0 bridgehead atoms. The summed E-state index contributed by atoms with van der Waals surface area (Å²) in [6.07, 6.45) is 0.966. The van der Waals surface area contributed by atoms with Crippen LogP contribution in [0.2, 0.25) is 0 Å². The van der Waals surface area contributed by atoms with Crippen LogP contribution in [0.4, 0.5) is 21.0 Å². The standard InChI is InChI=1S/2C28H39N3O10S.C8H10O3.C4H6O2/c2*1-7-10-20(32)11-8-13-29-25(33)12-9-14-40-24-16-22(31(36)37)19(15-23(24)38-5)17-42-18-21(26(34)39-6)30-27(35)41-28(2,3)4;1-5(2)7(9)11-8(10)6(3)4;1-3(2)4(5)6/h2*15-16,21H,8-9,11-14,17-18H2,1-6H3,(H,29,33)(H,30,35);1,3H2,2,4H3;1H2,2H3,(H,5,6). The Bertz CT molecular complexity index is 3150. The number of benzene rings is 2. The van der Waals surface area contributed by atoms with Crippen molar-refractivity contribution in [3.8, 4) is 46.7 Å². The van der Waals surface area contributed by atoms with Crippen molar-refractivity contribution in [2.75, 3.05) is 66.2 Å². The van der Waals surface area contributed by atoms with Crippen LogP contribution in [0.3, 0.4) is 0 Å². The van der Waals surface area contributed by atoms with Crippen LogP contribution in [-0.4, -0.2) is 170 Å². The minimum Gasteiger partial charge on any atom is -0.493 e. The molecule has 0 aliphatic rings. The maximum atomic E-state index is 12.2. The molecule has 558 valence electrons. The van der Waals surface area contributed by atoms with E-state index in [1.54, 1.807) is 55.4 Å². The number of amides is 4. The Labute approximate surface area is 596 Å². The number of nitro groups is 2. The highest BCUT2D eigenvalue weighted by molar-refractivity contribution is 7.98. The van der Waals surface area contributed by atoms with Gasteiger partial charge in [-0.25, -0.2) is 33.6 Å². The third kappa shape index (κ3) is 43.8. The molecule has 0 saturated heterocycles. The number of hydrogen-bond donors (Lipinski definition) is 5. The molecule has 101 heavy (non-hydrogen) atoms. The Morgan fingerprint density at radius 1 is 0.545 bits per heavy atom. The van der Waals surface area contributed by atoms with Crippen LogP contribution in [0.25, 0.3) is 0 Å². The number of nitrogens with zero attached hydrogens (tertiary/aromatic N) is 2. The van der Waals surface area contributed by atoms with Crippen LogP contribution >= 0.6 is 23.5 Å². The second-order valence-electron chi connectivity index (χ2n) is 23.0. The van der Waals surface area contributed by atoms with Gasteiger partial charge >= 0.3 is 42.0 Å². The third-order valence-electron chi connectivity index (χ3n) is 11.8. The number of nitro benzene ring substituents is 2.